The first-order valence-electron chi connectivity index (χ1n) is 8.78. The van der Waals surface area contributed by atoms with Gasteiger partial charge in [-0.25, -0.2) is 4.79 Å². The lowest BCUT2D eigenvalue weighted by Gasteiger charge is -2.16. The molecule has 1 aromatic carbocycles. The lowest BCUT2D eigenvalue weighted by molar-refractivity contribution is -0.121. The fourth-order valence-corrected chi connectivity index (χ4v) is 3.67. The molecule has 0 saturated heterocycles. The number of hydrogen-bond acceptors (Lipinski definition) is 6. The summed E-state index contributed by atoms with van der Waals surface area (Å²) in [5.41, 5.74) is 2.63. The standard InChI is InChI=1S/C20H23NO5S/c1-11-10-25-17-8-18-15(6-14(11)17)12(2)16(20(24)26-18)7-19(23)21-13(9-22)4-5-27-3/h6,8,10,13,22H,4-5,7,9H2,1-3H3,(H,21,23)/t13-/m0/s1. The molecule has 0 fully saturated rings. The molecule has 0 radical (unpaired) electrons. The van der Waals surface area contributed by atoms with Crippen LogP contribution >= 0.6 is 11.8 Å². The van der Waals surface area contributed by atoms with Gasteiger partial charge in [-0.2, -0.15) is 11.8 Å². The molecule has 3 rings (SSSR count). The molecule has 2 heterocycles. The van der Waals surface area contributed by atoms with E-state index in [-0.39, 0.29) is 25.0 Å². The zero-order valence-electron chi connectivity index (χ0n) is 15.6. The minimum Gasteiger partial charge on any atom is -0.464 e. The second-order valence-electron chi connectivity index (χ2n) is 6.66. The van der Waals surface area contributed by atoms with E-state index in [0.29, 0.717) is 23.2 Å². The Morgan fingerprint density at radius 3 is 2.74 bits per heavy atom. The molecule has 0 unspecified atom stereocenters. The van der Waals surface area contributed by atoms with Gasteiger partial charge in [0.25, 0.3) is 0 Å². The number of amides is 1. The van der Waals surface area contributed by atoms with Gasteiger partial charge in [0.1, 0.15) is 11.2 Å². The topological polar surface area (TPSA) is 92.7 Å². The molecular weight excluding hydrogens is 366 g/mol. The summed E-state index contributed by atoms with van der Waals surface area (Å²) in [6, 6.07) is 3.32. The van der Waals surface area contributed by atoms with E-state index in [1.807, 2.05) is 26.2 Å². The zero-order chi connectivity index (χ0) is 19.6. The van der Waals surface area contributed by atoms with Crippen LogP contribution in [0.2, 0.25) is 0 Å². The predicted octanol–water partition coefficient (Wildman–Crippen LogP) is 2.93. The van der Waals surface area contributed by atoms with Crippen LogP contribution in [0, 0.1) is 13.8 Å². The molecule has 144 valence electrons. The van der Waals surface area contributed by atoms with E-state index in [2.05, 4.69) is 5.32 Å². The fraction of sp³-hybridized carbons (Fsp3) is 0.400. The number of rotatable bonds is 7. The average molecular weight is 389 g/mol. The molecule has 3 aromatic rings. The van der Waals surface area contributed by atoms with Gasteiger partial charge in [-0.1, -0.05) is 0 Å². The lowest BCUT2D eigenvalue weighted by Crippen LogP contribution is -2.39. The van der Waals surface area contributed by atoms with Crippen LogP contribution in [0.15, 0.2) is 32.0 Å². The molecule has 1 amide bonds. The SMILES string of the molecule is CSCC[C@@H](CO)NC(=O)Cc1c(C)c2cc3c(C)coc3cc2oc1=O. The van der Waals surface area contributed by atoms with E-state index >= 15 is 0 Å². The third kappa shape index (κ3) is 4.04. The Morgan fingerprint density at radius 2 is 2.04 bits per heavy atom. The van der Waals surface area contributed by atoms with E-state index < -0.39 is 5.63 Å². The van der Waals surface area contributed by atoms with Crippen molar-refractivity contribution in [3.63, 3.8) is 0 Å². The summed E-state index contributed by atoms with van der Waals surface area (Å²) in [4.78, 5) is 24.8. The normalized spacial score (nSPS) is 12.6. The highest BCUT2D eigenvalue weighted by Gasteiger charge is 2.18. The minimum atomic E-state index is -0.526. The second kappa shape index (κ2) is 8.19. The number of furan rings is 1. The number of aryl methyl sites for hydroxylation is 2. The van der Waals surface area contributed by atoms with Gasteiger partial charge in [0.05, 0.1) is 30.9 Å². The molecule has 0 aliphatic rings. The van der Waals surface area contributed by atoms with Crippen LogP contribution in [-0.4, -0.2) is 35.7 Å². The first kappa shape index (κ1) is 19.5. The molecule has 6 nitrogen and oxygen atoms in total. The Kier molecular flexibility index (Phi) is 5.92. The minimum absolute atomic E-state index is 0.0811. The molecule has 2 N–H and O–H groups in total. The van der Waals surface area contributed by atoms with Gasteiger partial charge < -0.3 is 19.3 Å². The highest BCUT2D eigenvalue weighted by Crippen LogP contribution is 2.28. The van der Waals surface area contributed by atoms with Crippen molar-refractivity contribution in [2.75, 3.05) is 18.6 Å². The van der Waals surface area contributed by atoms with Crippen molar-refractivity contribution in [1.82, 2.24) is 5.32 Å². The third-order valence-corrected chi connectivity index (χ3v) is 5.41. The Balaban J connectivity index is 1.92. The van der Waals surface area contributed by atoms with Gasteiger partial charge >= 0.3 is 5.63 Å². The molecule has 7 heteroatoms. The molecule has 0 aliphatic heterocycles. The van der Waals surface area contributed by atoms with Crippen molar-refractivity contribution in [2.24, 2.45) is 0 Å². The average Bonchev–Trinajstić information content (AvgIpc) is 3.01. The number of thioether (sulfide) groups is 1. The monoisotopic (exact) mass is 389 g/mol. The highest BCUT2D eigenvalue weighted by atomic mass is 32.2. The molecule has 0 spiro atoms. The Bertz CT molecular complexity index is 1040. The van der Waals surface area contributed by atoms with Gasteiger partial charge in [-0.05, 0) is 49.5 Å². The van der Waals surface area contributed by atoms with Crippen molar-refractivity contribution < 1.29 is 18.7 Å². The molecule has 1 atom stereocenters. The number of nitrogens with one attached hydrogen (secondary N) is 1. The molecule has 27 heavy (non-hydrogen) atoms. The first-order chi connectivity index (χ1) is 12.9. The molecule has 0 aliphatic carbocycles. The number of benzene rings is 1. The Labute approximate surface area is 160 Å². The highest BCUT2D eigenvalue weighted by molar-refractivity contribution is 7.98. The van der Waals surface area contributed by atoms with Gasteiger partial charge in [-0.15, -0.1) is 0 Å². The third-order valence-electron chi connectivity index (χ3n) is 4.77. The number of aliphatic hydroxyl groups excluding tert-OH is 1. The van der Waals surface area contributed by atoms with E-state index in [4.69, 9.17) is 8.83 Å². The largest absolute Gasteiger partial charge is 0.464 e. The number of hydrogen-bond donors (Lipinski definition) is 2. The zero-order valence-corrected chi connectivity index (χ0v) is 16.4. The van der Waals surface area contributed by atoms with Gasteiger partial charge in [0.2, 0.25) is 5.91 Å². The van der Waals surface area contributed by atoms with E-state index in [1.165, 1.54) is 0 Å². The van der Waals surface area contributed by atoms with Crippen molar-refractivity contribution in [1.29, 1.82) is 0 Å². The number of aliphatic hydroxyl groups is 1. The maximum Gasteiger partial charge on any atom is 0.340 e. The van der Waals surface area contributed by atoms with E-state index in [1.54, 1.807) is 24.1 Å². The fourth-order valence-electron chi connectivity index (χ4n) is 3.15. The van der Waals surface area contributed by atoms with Crippen LogP contribution in [0.5, 0.6) is 0 Å². The number of fused-ring (bicyclic) bond motifs is 2. The quantitative estimate of drug-likeness (QED) is 0.604. The summed E-state index contributed by atoms with van der Waals surface area (Å²) in [5, 5.41) is 13.9. The van der Waals surface area contributed by atoms with Crippen molar-refractivity contribution in [2.45, 2.75) is 32.7 Å². The Hall–Kier alpha value is -2.25. The van der Waals surface area contributed by atoms with Gasteiger partial charge in [-0.3, -0.25) is 4.79 Å². The van der Waals surface area contributed by atoms with Crippen molar-refractivity contribution in [3.05, 3.63) is 45.5 Å². The van der Waals surface area contributed by atoms with Gasteiger partial charge in [0, 0.05) is 16.8 Å². The summed E-state index contributed by atoms with van der Waals surface area (Å²) in [7, 11) is 0. The predicted molar refractivity (Wildman–Crippen MR) is 107 cm³/mol. The summed E-state index contributed by atoms with van der Waals surface area (Å²) in [5.74, 6) is 0.536. The smallest absolute Gasteiger partial charge is 0.340 e. The summed E-state index contributed by atoms with van der Waals surface area (Å²) in [6.07, 6.45) is 4.22. The van der Waals surface area contributed by atoms with Crippen LogP contribution in [0.4, 0.5) is 0 Å². The van der Waals surface area contributed by atoms with Crippen molar-refractivity contribution in [3.8, 4) is 0 Å². The van der Waals surface area contributed by atoms with Crippen molar-refractivity contribution >= 4 is 39.6 Å². The maximum atomic E-state index is 12.4. The van der Waals surface area contributed by atoms with Crippen LogP contribution in [0.3, 0.4) is 0 Å². The molecule has 2 aromatic heterocycles. The summed E-state index contributed by atoms with van der Waals surface area (Å²) in [6.45, 7) is 3.64. The van der Waals surface area contributed by atoms with Gasteiger partial charge in [0.15, 0.2) is 0 Å². The lowest BCUT2D eigenvalue weighted by atomic mass is 10.0. The summed E-state index contributed by atoms with van der Waals surface area (Å²) >= 11 is 1.65. The van der Waals surface area contributed by atoms with Crippen LogP contribution in [0.25, 0.3) is 21.9 Å². The molecular formula is C20H23NO5S. The van der Waals surface area contributed by atoms with E-state index in [0.717, 1.165) is 27.7 Å². The maximum absolute atomic E-state index is 12.4. The van der Waals surface area contributed by atoms with Crippen LogP contribution < -0.4 is 10.9 Å². The number of carbonyl (C=O) groups is 1. The first-order valence-corrected chi connectivity index (χ1v) is 10.2. The molecule has 0 bridgehead atoms. The molecule has 0 saturated carbocycles. The second-order valence-corrected chi connectivity index (χ2v) is 7.65. The summed E-state index contributed by atoms with van der Waals surface area (Å²) < 4.78 is 10.9. The Morgan fingerprint density at radius 1 is 1.26 bits per heavy atom. The van der Waals surface area contributed by atoms with Crippen LogP contribution in [-0.2, 0) is 11.2 Å². The number of carbonyl (C=O) groups excluding carboxylic acids is 1. The van der Waals surface area contributed by atoms with Crippen LogP contribution in [0.1, 0.15) is 23.1 Å². The van der Waals surface area contributed by atoms with E-state index in [9.17, 15) is 14.7 Å².